The van der Waals surface area contributed by atoms with E-state index in [0.29, 0.717) is 0 Å². The maximum Gasteiger partial charge on any atom is 0.147 e. The van der Waals surface area contributed by atoms with Crippen LogP contribution in [0, 0.1) is 11.8 Å². The van der Waals surface area contributed by atoms with Crippen LogP contribution in [0.3, 0.4) is 0 Å². The van der Waals surface area contributed by atoms with Gasteiger partial charge >= 0.3 is 0 Å². The lowest BCUT2D eigenvalue weighted by molar-refractivity contribution is 0.647. The minimum atomic E-state index is 0.829. The fourth-order valence-electron chi connectivity index (χ4n) is 2.51. The standard InChI is InChI=1S/C16H26N4/c1-2-7-17-8-15-9-18-10-16(19-15)20(11-13-3-4-13)12-14-5-6-14/h9-10,13-14,17H,2-8,11-12H2,1H3. The van der Waals surface area contributed by atoms with Crippen molar-refractivity contribution in [2.24, 2.45) is 11.8 Å². The molecule has 2 aliphatic rings. The topological polar surface area (TPSA) is 41.1 Å². The van der Waals surface area contributed by atoms with Crippen LogP contribution in [0.1, 0.15) is 44.7 Å². The van der Waals surface area contributed by atoms with E-state index in [1.54, 1.807) is 0 Å². The van der Waals surface area contributed by atoms with Crippen LogP contribution in [-0.4, -0.2) is 29.6 Å². The molecule has 0 aromatic carbocycles. The average molecular weight is 274 g/mol. The van der Waals surface area contributed by atoms with Crippen molar-refractivity contribution in [1.29, 1.82) is 0 Å². The van der Waals surface area contributed by atoms with Crippen LogP contribution >= 0.6 is 0 Å². The molecule has 4 heteroatoms. The van der Waals surface area contributed by atoms with Crippen LogP contribution < -0.4 is 10.2 Å². The maximum atomic E-state index is 4.81. The van der Waals surface area contributed by atoms with E-state index in [1.807, 2.05) is 12.4 Å². The molecule has 0 unspecified atom stereocenters. The summed E-state index contributed by atoms with van der Waals surface area (Å²) in [5, 5.41) is 3.40. The van der Waals surface area contributed by atoms with Crippen molar-refractivity contribution < 1.29 is 0 Å². The molecule has 1 heterocycles. The highest BCUT2D eigenvalue weighted by atomic mass is 15.2. The summed E-state index contributed by atoms with van der Waals surface area (Å²) in [7, 11) is 0. The third kappa shape index (κ3) is 4.17. The molecule has 110 valence electrons. The van der Waals surface area contributed by atoms with E-state index in [-0.39, 0.29) is 0 Å². The Morgan fingerprint density at radius 1 is 1.15 bits per heavy atom. The Morgan fingerprint density at radius 2 is 1.85 bits per heavy atom. The summed E-state index contributed by atoms with van der Waals surface area (Å²) in [6.07, 6.45) is 10.6. The van der Waals surface area contributed by atoms with Crippen molar-refractivity contribution in [2.75, 3.05) is 24.5 Å². The Morgan fingerprint density at radius 3 is 2.45 bits per heavy atom. The monoisotopic (exact) mass is 274 g/mol. The first kappa shape index (κ1) is 13.8. The Labute approximate surface area is 122 Å². The largest absolute Gasteiger partial charge is 0.355 e. The molecule has 0 saturated heterocycles. The van der Waals surface area contributed by atoms with Gasteiger partial charge in [-0.1, -0.05) is 6.92 Å². The average Bonchev–Trinajstić information content (AvgIpc) is 3.34. The molecule has 4 nitrogen and oxygen atoms in total. The van der Waals surface area contributed by atoms with Gasteiger partial charge in [-0.25, -0.2) is 4.98 Å². The molecule has 0 spiro atoms. The number of nitrogens with zero attached hydrogens (tertiary/aromatic N) is 3. The van der Waals surface area contributed by atoms with E-state index in [9.17, 15) is 0 Å². The minimum absolute atomic E-state index is 0.829. The van der Waals surface area contributed by atoms with E-state index in [4.69, 9.17) is 4.98 Å². The Balaban J connectivity index is 1.63. The summed E-state index contributed by atoms with van der Waals surface area (Å²) in [5.74, 6) is 2.88. The van der Waals surface area contributed by atoms with Crippen LogP contribution in [0.5, 0.6) is 0 Å². The molecule has 0 amide bonds. The number of aromatic nitrogens is 2. The Kier molecular flexibility index (Phi) is 4.51. The number of rotatable bonds is 9. The molecule has 0 atom stereocenters. The molecule has 0 bridgehead atoms. The second-order valence-electron chi connectivity index (χ2n) is 6.34. The third-order valence-electron chi connectivity index (χ3n) is 4.08. The normalized spacial score (nSPS) is 18.2. The highest BCUT2D eigenvalue weighted by molar-refractivity contribution is 5.37. The molecular weight excluding hydrogens is 248 g/mol. The van der Waals surface area contributed by atoms with E-state index in [2.05, 4.69) is 22.1 Å². The maximum absolute atomic E-state index is 4.81. The van der Waals surface area contributed by atoms with Crippen molar-refractivity contribution >= 4 is 5.82 Å². The van der Waals surface area contributed by atoms with Crippen LogP contribution in [-0.2, 0) is 6.54 Å². The summed E-state index contributed by atoms with van der Waals surface area (Å²) in [4.78, 5) is 11.7. The second-order valence-corrected chi connectivity index (χ2v) is 6.34. The van der Waals surface area contributed by atoms with Gasteiger partial charge in [0.1, 0.15) is 5.82 Å². The molecule has 2 fully saturated rings. The number of hydrogen-bond acceptors (Lipinski definition) is 4. The van der Waals surface area contributed by atoms with Crippen molar-refractivity contribution in [2.45, 2.75) is 45.6 Å². The van der Waals surface area contributed by atoms with Crippen LogP contribution in [0.25, 0.3) is 0 Å². The van der Waals surface area contributed by atoms with Gasteiger partial charge in [0.15, 0.2) is 0 Å². The van der Waals surface area contributed by atoms with Gasteiger partial charge < -0.3 is 10.2 Å². The summed E-state index contributed by atoms with van der Waals surface area (Å²) >= 11 is 0. The highest BCUT2D eigenvalue weighted by Gasteiger charge is 2.29. The molecular formula is C16H26N4. The van der Waals surface area contributed by atoms with Crippen LogP contribution in [0.4, 0.5) is 5.82 Å². The van der Waals surface area contributed by atoms with Gasteiger partial charge in [0, 0.05) is 25.8 Å². The lowest BCUT2D eigenvalue weighted by Gasteiger charge is -2.23. The fourth-order valence-corrected chi connectivity index (χ4v) is 2.51. The van der Waals surface area contributed by atoms with Gasteiger partial charge in [-0.2, -0.15) is 0 Å². The molecule has 0 aliphatic heterocycles. The molecule has 3 rings (SSSR count). The van der Waals surface area contributed by atoms with Gasteiger partial charge in [-0.15, -0.1) is 0 Å². The first-order valence-electron chi connectivity index (χ1n) is 8.11. The zero-order chi connectivity index (χ0) is 13.8. The predicted octanol–water partition coefficient (Wildman–Crippen LogP) is 2.60. The molecule has 2 saturated carbocycles. The van der Waals surface area contributed by atoms with Gasteiger partial charge in [-0.3, -0.25) is 4.98 Å². The zero-order valence-corrected chi connectivity index (χ0v) is 12.5. The third-order valence-corrected chi connectivity index (χ3v) is 4.08. The van der Waals surface area contributed by atoms with E-state index in [1.165, 1.54) is 38.8 Å². The SMILES string of the molecule is CCCNCc1cncc(N(CC2CC2)CC2CC2)n1. The fraction of sp³-hybridized carbons (Fsp3) is 0.750. The number of nitrogens with one attached hydrogen (secondary N) is 1. The molecule has 1 aromatic rings. The van der Waals surface area contributed by atoms with Gasteiger partial charge in [0.2, 0.25) is 0 Å². The first-order valence-corrected chi connectivity index (χ1v) is 8.11. The summed E-state index contributed by atoms with van der Waals surface area (Å²) in [5.41, 5.74) is 1.06. The van der Waals surface area contributed by atoms with E-state index in [0.717, 1.165) is 42.9 Å². The smallest absolute Gasteiger partial charge is 0.147 e. The van der Waals surface area contributed by atoms with Gasteiger partial charge in [0.05, 0.1) is 11.9 Å². The van der Waals surface area contributed by atoms with Crippen molar-refractivity contribution in [3.8, 4) is 0 Å². The minimum Gasteiger partial charge on any atom is -0.355 e. The van der Waals surface area contributed by atoms with E-state index < -0.39 is 0 Å². The molecule has 0 radical (unpaired) electrons. The van der Waals surface area contributed by atoms with Crippen LogP contribution in [0.15, 0.2) is 12.4 Å². The zero-order valence-electron chi connectivity index (χ0n) is 12.5. The van der Waals surface area contributed by atoms with Gasteiger partial charge in [0.25, 0.3) is 0 Å². The first-order chi connectivity index (χ1) is 9.85. The summed E-state index contributed by atoms with van der Waals surface area (Å²) in [6, 6.07) is 0. The van der Waals surface area contributed by atoms with E-state index >= 15 is 0 Å². The summed E-state index contributed by atoms with van der Waals surface area (Å²) in [6.45, 7) is 6.41. The lowest BCUT2D eigenvalue weighted by Crippen LogP contribution is -2.29. The quantitative estimate of drug-likeness (QED) is 0.703. The Bertz CT molecular complexity index is 412. The summed E-state index contributed by atoms with van der Waals surface area (Å²) < 4.78 is 0. The van der Waals surface area contributed by atoms with Crippen molar-refractivity contribution in [3.63, 3.8) is 0 Å². The highest BCUT2D eigenvalue weighted by Crippen LogP contribution is 2.35. The molecule has 20 heavy (non-hydrogen) atoms. The Hall–Kier alpha value is -1.16. The molecule has 1 aromatic heterocycles. The molecule has 1 N–H and O–H groups in total. The predicted molar refractivity (Wildman–Crippen MR) is 81.7 cm³/mol. The van der Waals surface area contributed by atoms with Crippen LogP contribution in [0.2, 0.25) is 0 Å². The lowest BCUT2D eigenvalue weighted by atomic mass is 10.3. The molecule has 2 aliphatic carbocycles. The second kappa shape index (κ2) is 6.53. The number of anilines is 1. The number of hydrogen-bond donors (Lipinski definition) is 1. The van der Waals surface area contributed by atoms with Crippen molar-refractivity contribution in [1.82, 2.24) is 15.3 Å². The van der Waals surface area contributed by atoms with Gasteiger partial charge in [-0.05, 0) is 50.5 Å². The van der Waals surface area contributed by atoms with Crippen molar-refractivity contribution in [3.05, 3.63) is 18.1 Å².